The van der Waals surface area contributed by atoms with Gasteiger partial charge in [0.05, 0.1) is 23.7 Å². The standard InChI is InChI=1S/C16H20F3N3O4/c1-10(2)14(15(23)21-5-7-26-8-6-21)20-12-4-3-11(16(17,18)19)9-13(12)22(24)25/h3-4,9-10,14,20H,5-8H2,1-2H3. The summed E-state index contributed by atoms with van der Waals surface area (Å²) in [5.41, 5.74) is -1.96. The molecule has 1 amide bonds. The van der Waals surface area contributed by atoms with Crippen LogP contribution in [-0.4, -0.2) is 48.1 Å². The molecule has 1 aliphatic heterocycles. The zero-order valence-electron chi connectivity index (χ0n) is 14.4. The fourth-order valence-electron chi connectivity index (χ4n) is 2.64. The Kier molecular flexibility index (Phi) is 6.06. The molecular weight excluding hydrogens is 355 g/mol. The van der Waals surface area contributed by atoms with Crippen LogP contribution in [0.15, 0.2) is 18.2 Å². The van der Waals surface area contributed by atoms with Gasteiger partial charge in [-0.15, -0.1) is 0 Å². The van der Waals surface area contributed by atoms with Gasteiger partial charge < -0.3 is 15.0 Å². The summed E-state index contributed by atoms with van der Waals surface area (Å²) in [4.78, 5) is 24.6. The van der Waals surface area contributed by atoms with E-state index in [0.717, 1.165) is 12.1 Å². The fourth-order valence-corrected chi connectivity index (χ4v) is 2.64. The highest BCUT2D eigenvalue weighted by molar-refractivity contribution is 5.86. The number of benzene rings is 1. The van der Waals surface area contributed by atoms with Crippen molar-refractivity contribution in [3.05, 3.63) is 33.9 Å². The molecule has 144 valence electrons. The van der Waals surface area contributed by atoms with E-state index in [0.29, 0.717) is 32.4 Å². The molecule has 1 aromatic carbocycles. The number of amides is 1. The van der Waals surface area contributed by atoms with Crippen molar-refractivity contribution in [1.29, 1.82) is 0 Å². The Morgan fingerprint density at radius 3 is 2.42 bits per heavy atom. The first-order valence-electron chi connectivity index (χ1n) is 8.10. The molecule has 1 aliphatic rings. The molecule has 1 heterocycles. The number of nitrogens with one attached hydrogen (secondary N) is 1. The first-order valence-corrected chi connectivity index (χ1v) is 8.10. The van der Waals surface area contributed by atoms with Crippen LogP contribution in [0.3, 0.4) is 0 Å². The topological polar surface area (TPSA) is 84.7 Å². The van der Waals surface area contributed by atoms with Crippen LogP contribution in [0.25, 0.3) is 0 Å². The molecule has 2 rings (SSSR count). The Morgan fingerprint density at radius 2 is 1.92 bits per heavy atom. The van der Waals surface area contributed by atoms with E-state index in [1.165, 1.54) is 0 Å². The molecular formula is C16H20F3N3O4. The normalized spacial score (nSPS) is 16.5. The summed E-state index contributed by atoms with van der Waals surface area (Å²) in [6.45, 7) is 5.11. The van der Waals surface area contributed by atoms with Gasteiger partial charge in [-0.25, -0.2) is 0 Å². The lowest BCUT2D eigenvalue weighted by Crippen LogP contribution is -2.49. The molecule has 1 unspecified atom stereocenters. The highest BCUT2D eigenvalue weighted by atomic mass is 19.4. The summed E-state index contributed by atoms with van der Waals surface area (Å²) in [6.07, 6.45) is -4.69. The highest BCUT2D eigenvalue weighted by Crippen LogP contribution is 2.35. The monoisotopic (exact) mass is 375 g/mol. The number of alkyl halides is 3. The minimum Gasteiger partial charge on any atom is -0.378 e. The van der Waals surface area contributed by atoms with Gasteiger partial charge in [0.2, 0.25) is 5.91 Å². The van der Waals surface area contributed by atoms with Crippen LogP contribution >= 0.6 is 0 Å². The molecule has 10 heteroatoms. The number of nitro groups is 1. The third-order valence-corrected chi connectivity index (χ3v) is 4.09. The van der Waals surface area contributed by atoms with Crippen LogP contribution in [-0.2, 0) is 15.7 Å². The molecule has 1 aromatic rings. The van der Waals surface area contributed by atoms with Gasteiger partial charge in [-0.3, -0.25) is 14.9 Å². The van der Waals surface area contributed by atoms with Gasteiger partial charge in [0, 0.05) is 19.2 Å². The van der Waals surface area contributed by atoms with Gasteiger partial charge in [0.15, 0.2) is 0 Å². The number of nitro benzene ring substituents is 1. The summed E-state index contributed by atoms with van der Waals surface area (Å²) >= 11 is 0. The molecule has 0 aromatic heterocycles. The summed E-state index contributed by atoms with van der Waals surface area (Å²) in [6, 6.07) is 1.41. The van der Waals surface area contributed by atoms with Crippen molar-refractivity contribution < 1.29 is 27.6 Å². The van der Waals surface area contributed by atoms with Crippen molar-refractivity contribution in [3.63, 3.8) is 0 Å². The van der Waals surface area contributed by atoms with Gasteiger partial charge in [0.1, 0.15) is 11.7 Å². The van der Waals surface area contributed by atoms with E-state index in [2.05, 4.69) is 5.32 Å². The van der Waals surface area contributed by atoms with Crippen LogP contribution in [0.4, 0.5) is 24.5 Å². The number of carbonyl (C=O) groups excluding carboxylic acids is 1. The number of rotatable bonds is 5. The van der Waals surface area contributed by atoms with E-state index in [4.69, 9.17) is 4.74 Å². The third-order valence-electron chi connectivity index (χ3n) is 4.09. The SMILES string of the molecule is CC(C)C(Nc1ccc(C(F)(F)F)cc1[N+](=O)[O-])C(=O)N1CCOCC1. The molecule has 26 heavy (non-hydrogen) atoms. The number of nitrogens with zero attached hydrogens (tertiary/aromatic N) is 2. The Labute approximate surface area is 148 Å². The molecule has 0 bridgehead atoms. The number of anilines is 1. The Morgan fingerprint density at radius 1 is 1.31 bits per heavy atom. The average molecular weight is 375 g/mol. The summed E-state index contributed by atoms with van der Waals surface area (Å²) in [5, 5.41) is 14.0. The summed E-state index contributed by atoms with van der Waals surface area (Å²) in [5.74, 6) is -0.496. The second-order valence-corrected chi connectivity index (χ2v) is 6.29. The van der Waals surface area contributed by atoms with Gasteiger partial charge in [-0.05, 0) is 18.1 Å². The molecule has 0 aliphatic carbocycles. The van der Waals surface area contributed by atoms with Crippen LogP contribution < -0.4 is 5.32 Å². The number of halogens is 3. The number of hydrogen-bond acceptors (Lipinski definition) is 5. The maximum atomic E-state index is 12.8. The largest absolute Gasteiger partial charge is 0.416 e. The van der Waals surface area contributed by atoms with Crippen LogP contribution in [0.1, 0.15) is 19.4 Å². The van der Waals surface area contributed by atoms with Crippen molar-refractivity contribution in [3.8, 4) is 0 Å². The maximum absolute atomic E-state index is 12.8. The zero-order chi connectivity index (χ0) is 19.5. The van der Waals surface area contributed by atoms with Gasteiger partial charge in [-0.2, -0.15) is 13.2 Å². The van der Waals surface area contributed by atoms with Crippen LogP contribution in [0.2, 0.25) is 0 Å². The van der Waals surface area contributed by atoms with E-state index in [1.807, 2.05) is 0 Å². The lowest BCUT2D eigenvalue weighted by molar-refractivity contribution is -0.384. The molecule has 0 saturated carbocycles. The Balaban J connectivity index is 2.30. The zero-order valence-corrected chi connectivity index (χ0v) is 14.4. The van der Waals surface area contributed by atoms with Gasteiger partial charge in [-0.1, -0.05) is 13.8 Å². The quantitative estimate of drug-likeness (QED) is 0.632. The lowest BCUT2D eigenvalue weighted by Gasteiger charge is -2.32. The first-order chi connectivity index (χ1) is 12.1. The summed E-state index contributed by atoms with van der Waals surface area (Å²) in [7, 11) is 0. The minimum absolute atomic E-state index is 0.122. The molecule has 0 spiro atoms. The molecule has 1 saturated heterocycles. The fraction of sp³-hybridized carbons (Fsp3) is 0.562. The molecule has 0 radical (unpaired) electrons. The Bertz CT molecular complexity index is 673. The smallest absolute Gasteiger partial charge is 0.378 e. The highest BCUT2D eigenvalue weighted by Gasteiger charge is 2.34. The van der Waals surface area contributed by atoms with E-state index < -0.39 is 28.4 Å². The second-order valence-electron chi connectivity index (χ2n) is 6.29. The minimum atomic E-state index is -4.69. The van der Waals surface area contributed by atoms with Crippen molar-refractivity contribution in [2.75, 3.05) is 31.6 Å². The van der Waals surface area contributed by atoms with Gasteiger partial charge in [0.25, 0.3) is 5.69 Å². The van der Waals surface area contributed by atoms with Crippen molar-refractivity contribution in [2.45, 2.75) is 26.1 Å². The average Bonchev–Trinajstić information content (AvgIpc) is 2.58. The number of morpholine rings is 1. The van der Waals surface area contributed by atoms with Crippen molar-refractivity contribution >= 4 is 17.3 Å². The first kappa shape index (κ1) is 20.0. The van der Waals surface area contributed by atoms with Crippen molar-refractivity contribution in [1.82, 2.24) is 4.90 Å². The predicted molar refractivity (Wildman–Crippen MR) is 87.7 cm³/mol. The number of hydrogen-bond donors (Lipinski definition) is 1. The van der Waals surface area contributed by atoms with Crippen molar-refractivity contribution in [2.24, 2.45) is 5.92 Å². The molecule has 1 N–H and O–H groups in total. The third kappa shape index (κ3) is 4.63. The maximum Gasteiger partial charge on any atom is 0.416 e. The van der Waals surface area contributed by atoms with E-state index in [-0.39, 0.29) is 17.5 Å². The van der Waals surface area contributed by atoms with Crippen LogP contribution in [0, 0.1) is 16.0 Å². The predicted octanol–water partition coefficient (Wildman–Crippen LogP) is 2.91. The van der Waals surface area contributed by atoms with E-state index >= 15 is 0 Å². The molecule has 1 fully saturated rings. The molecule has 7 nitrogen and oxygen atoms in total. The van der Waals surface area contributed by atoms with E-state index in [1.54, 1.807) is 18.7 Å². The van der Waals surface area contributed by atoms with Gasteiger partial charge >= 0.3 is 6.18 Å². The number of carbonyl (C=O) groups is 1. The Hall–Kier alpha value is -2.36. The lowest BCUT2D eigenvalue weighted by atomic mass is 10.0. The van der Waals surface area contributed by atoms with Crippen LogP contribution in [0.5, 0.6) is 0 Å². The summed E-state index contributed by atoms with van der Waals surface area (Å²) < 4.78 is 43.6. The van der Waals surface area contributed by atoms with E-state index in [9.17, 15) is 28.1 Å². The number of ether oxygens (including phenoxy) is 1. The second kappa shape index (κ2) is 7.90. The molecule has 1 atom stereocenters.